The Morgan fingerprint density at radius 3 is 1.40 bits per heavy atom. The molecule has 4 heterocycles. The molecule has 18 heteroatoms. The number of primary amides is 2. The quantitative estimate of drug-likeness (QED) is 0.101. The van der Waals surface area contributed by atoms with E-state index in [-0.39, 0.29) is 69.7 Å². The first kappa shape index (κ1) is 34.9. The number of phenolic OH excluding ortho intramolecular Hbond substituents is 2. The van der Waals surface area contributed by atoms with Gasteiger partial charge >= 0.3 is 0 Å². The Kier molecular flexibility index (Phi) is 9.21. The fourth-order valence-electron chi connectivity index (χ4n) is 5.95. The van der Waals surface area contributed by atoms with E-state index in [1.807, 2.05) is 13.8 Å². The zero-order valence-corrected chi connectivity index (χ0v) is 28.7. The second-order valence-electron chi connectivity index (χ2n) is 11.9. The number of hydrogen-bond acceptors (Lipinski definition) is 10. The number of nitrogens with two attached hydrogens (primary N) is 2. The molecule has 0 saturated heterocycles. The van der Waals surface area contributed by atoms with E-state index in [0.29, 0.717) is 35.9 Å². The van der Waals surface area contributed by atoms with Crippen LogP contribution >= 0.6 is 0 Å². The molecule has 52 heavy (non-hydrogen) atoms. The van der Waals surface area contributed by atoms with Gasteiger partial charge in [0, 0.05) is 37.3 Å². The molecular weight excluding hydrogens is 672 g/mol. The van der Waals surface area contributed by atoms with Crippen molar-refractivity contribution in [2.75, 3.05) is 10.6 Å². The summed E-state index contributed by atoms with van der Waals surface area (Å²) in [4.78, 5) is 59.6. The Labute approximate surface area is 295 Å². The lowest BCUT2D eigenvalue weighted by atomic mass is 10.1. The van der Waals surface area contributed by atoms with Crippen LogP contribution in [0.2, 0.25) is 0 Å². The van der Waals surface area contributed by atoms with E-state index < -0.39 is 23.6 Å². The van der Waals surface area contributed by atoms with Gasteiger partial charge in [-0.15, -0.1) is 0 Å². The van der Waals surface area contributed by atoms with Crippen LogP contribution in [0.3, 0.4) is 0 Å². The van der Waals surface area contributed by atoms with E-state index in [0.717, 1.165) is 0 Å². The minimum Gasteiger partial charge on any atom is -0.506 e. The van der Waals surface area contributed by atoms with Gasteiger partial charge in [-0.3, -0.25) is 39.2 Å². The van der Waals surface area contributed by atoms with Crippen molar-refractivity contribution in [2.24, 2.45) is 11.5 Å². The summed E-state index contributed by atoms with van der Waals surface area (Å²) in [6.45, 7) is 8.26. The van der Waals surface area contributed by atoms with Gasteiger partial charge in [-0.25, -0.2) is 9.97 Å². The summed E-state index contributed by atoms with van der Waals surface area (Å²) in [5.74, 6) is -2.95. The van der Waals surface area contributed by atoms with Crippen LogP contribution in [-0.2, 0) is 26.2 Å². The number of imidazole rings is 2. The zero-order valence-electron chi connectivity index (χ0n) is 28.7. The normalized spacial score (nSPS) is 11.5. The molecule has 6 rings (SSSR count). The molecule has 18 nitrogen and oxygen atoms in total. The lowest BCUT2D eigenvalue weighted by Gasteiger charge is -2.11. The summed E-state index contributed by atoms with van der Waals surface area (Å²) in [5.41, 5.74) is 13.8. The predicted molar refractivity (Wildman–Crippen MR) is 190 cm³/mol. The summed E-state index contributed by atoms with van der Waals surface area (Å²) in [7, 11) is 0. The lowest BCUT2D eigenvalue weighted by Crippen LogP contribution is -2.20. The van der Waals surface area contributed by atoms with Crippen molar-refractivity contribution in [3.63, 3.8) is 0 Å². The number of rotatable bonds is 12. The Hall–Kier alpha value is -6.98. The highest BCUT2D eigenvalue weighted by molar-refractivity contribution is 6.05. The number of aromatic hydroxyl groups is 2. The van der Waals surface area contributed by atoms with Gasteiger partial charge in [-0.1, -0.05) is 12.2 Å². The third-order valence-electron chi connectivity index (χ3n) is 8.27. The molecule has 8 N–H and O–H groups in total. The number of carbonyl (C=O) groups is 4. The van der Waals surface area contributed by atoms with E-state index in [9.17, 15) is 29.4 Å². The monoisotopic (exact) mass is 708 g/mol. The second-order valence-corrected chi connectivity index (χ2v) is 11.9. The van der Waals surface area contributed by atoms with E-state index in [4.69, 9.17) is 11.5 Å². The molecule has 0 atom stereocenters. The van der Waals surface area contributed by atoms with E-state index in [1.165, 1.54) is 24.3 Å². The number of aromatic nitrogens is 8. The predicted octanol–water partition coefficient (Wildman–Crippen LogP) is 2.81. The molecule has 4 aromatic heterocycles. The largest absolute Gasteiger partial charge is 0.506 e. The van der Waals surface area contributed by atoms with Crippen molar-refractivity contribution in [1.82, 2.24) is 38.7 Å². The van der Waals surface area contributed by atoms with Crippen LogP contribution in [0.25, 0.3) is 22.1 Å². The number of phenols is 2. The topological polar surface area (TPSA) is 256 Å². The molecule has 0 aliphatic heterocycles. The molecule has 0 radical (unpaired) electrons. The standard InChI is InChI=1S/C34H36N12O6/c1-5-45-23(11-17(3)41-45)31(51)39-33-37-21-13-19(29(35)49)15-25(47)27(21)43(33)9-7-8-10-44-28-22(14-20(30(36)50)16-26(28)48)38-34(44)40-32(52)24-12-18(4)42-46(24)6-2/h7-8,11-16,47-48H,5-6,9-10H2,1-4H3,(H2,35,49)(H2,36,50)(H,37,39,51)(H,38,40,52)/b8-7+. The highest BCUT2D eigenvalue weighted by Crippen LogP contribution is 2.32. The van der Waals surface area contributed by atoms with E-state index in [1.54, 1.807) is 56.6 Å². The zero-order chi connectivity index (χ0) is 37.4. The maximum atomic E-state index is 13.4. The Bertz CT molecular complexity index is 2280. The molecule has 0 aliphatic carbocycles. The van der Waals surface area contributed by atoms with Gasteiger partial charge in [-0.2, -0.15) is 10.2 Å². The minimum absolute atomic E-state index is 0.0285. The third-order valence-corrected chi connectivity index (χ3v) is 8.27. The van der Waals surface area contributed by atoms with Gasteiger partial charge < -0.3 is 30.8 Å². The van der Waals surface area contributed by atoms with Gasteiger partial charge in [0.15, 0.2) is 0 Å². The minimum atomic E-state index is -0.768. The fraction of sp³-hybridized carbons (Fsp3) is 0.235. The molecule has 0 unspecified atom stereocenters. The molecule has 0 spiro atoms. The summed E-state index contributed by atoms with van der Waals surface area (Å²) < 4.78 is 6.18. The van der Waals surface area contributed by atoms with Gasteiger partial charge in [0.1, 0.15) is 33.9 Å². The van der Waals surface area contributed by atoms with Crippen LogP contribution in [0.5, 0.6) is 11.5 Å². The number of benzene rings is 2. The highest BCUT2D eigenvalue weighted by Gasteiger charge is 2.23. The maximum absolute atomic E-state index is 13.4. The number of aryl methyl sites for hydroxylation is 4. The molecule has 268 valence electrons. The van der Waals surface area contributed by atoms with Crippen molar-refractivity contribution in [1.29, 1.82) is 0 Å². The summed E-state index contributed by atoms with van der Waals surface area (Å²) in [6.07, 6.45) is 3.42. The molecule has 0 aliphatic rings. The average molecular weight is 709 g/mol. The van der Waals surface area contributed by atoms with Crippen LogP contribution in [-0.4, -0.2) is 72.5 Å². The fourth-order valence-corrected chi connectivity index (χ4v) is 5.95. The summed E-state index contributed by atoms with van der Waals surface area (Å²) in [6, 6.07) is 8.54. The van der Waals surface area contributed by atoms with Crippen LogP contribution in [0, 0.1) is 13.8 Å². The molecule has 2 aromatic carbocycles. The number of hydrogen-bond donors (Lipinski definition) is 6. The number of fused-ring (bicyclic) bond motifs is 2. The molecule has 4 amide bonds. The van der Waals surface area contributed by atoms with Crippen LogP contribution in [0.1, 0.15) is 66.9 Å². The van der Waals surface area contributed by atoms with Crippen LogP contribution < -0.4 is 22.1 Å². The SMILES string of the molecule is CCn1nc(C)cc1C(=O)Nc1nc2cc(C(N)=O)cc(O)c2n1C/C=C/Cn1c(NC(=O)c2cc(C)nn2CC)nc2cc(C(N)=O)cc(O)c21. The Balaban J connectivity index is 1.36. The first-order chi connectivity index (χ1) is 24.8. The third kappa shape index (κ3) is 6.51. The van der Waals surface area contributed by atoms with Gasteiger partial charge in [0.2, 0.25) is 23.7 Å². The van der Waals surface area contributed by atoms with E-state index in [2.05, 4.69) is 30.8 Å². The Morgan fingerprint density at radius 2 is 1.06 bits per heavy atom. The van der Waals surface area contributed by atoms with Gasteiger partial charge in [0.05, 0.1) is 22.4 Å². The van der Waals surface area contributed by atoms with Crippen molar-refractivity contribution in [3.05, 3.63) is 82.5 Å². The number of allylic oxidation sites excluding steroid dienone is 2. The number of carbonyl (C=O) groups excluding carboxylic acids is 4. The van der Waals surface area contributed by atoms with Crippen molar-refractivity contribution in [2.45, 2.75) is 53.9 Å². The van der Waals surface area contributed by atoms with Crippen LogP contribution in [0.4, 0.5) is 11.9 Å². The highest BCUT2D eigenvalue weighted by atomic mass is 16.3. The smallest absolute Gasteiger partial charge is 0.276 e. The Morgan fingerprint density at radius 1 is 0.673 bits per heavy atom. The number of amides is 4. The van der Waals surface area contributed by atoms with E-state index >= 15 is 0 Å². The van der Waals surface area contributed by atoms with Crippen LogP contribution in [0.15, 0.2) is 48.6 Å². The lowest BCUT2D eigenvalue weighted by molar-refractivity contribution is 0.0991. The number of anilines is 2. The van der Waals surface area contributed by atoms with Crippen molar-refractivity contribution < 1.29 is 29.4 Å². The molecule has 0 fully saturated rings. The average Bonchev–Trinajstić information content (AvgIpc) is 3.85. The number of nitrogens with one attached hydrogen (secondary N) is 2. The van der Waals surface area contributed by atoms with Crippen molar-refractivity contribution in [3.8, 4) is 11.5 Å². The first-order valence-corrected chi connectivity index (χ1v) is 16.2. The molecule has 0 bridgehead atoms. The van der Waals surface area contributed by atoms with Crippen molar-refractivity contribution >= 4 is 57.6 Å². The van der Waals surface area contributed by atoms with Gasteiger partial charge in [0.25, 0.3) is 11.8 Å². The molecule has 0 saturated carbocycles. The number of nitrogens with zero attached hydrogens (tertiary/aromatic N) is 8. The maximum Gasteiger partial charge on any atom is 0.276 e. The molecule has 6 aromatic rings. The molecular formula is C34H36N12O6. The van der Waals surface area contributed by atoms with Gasteiger partial charge in [-0.05, 0) is 64.1 Å². The summed E-state index contributed by atoms with van der Waals surface area (Å²) >= 11 is 0. The first-order valence-electron chi connectivity index (χ1n) is 16.2. The summed E-state index contributed by atoms with van der Waals surface area (Å²) in [5, 5.41) is 36.2. The second kappa shape index (κ2) is 13.7.